The predicted molar refractivity (Wildman–Crippen MR) is 79.1 cm³/mol. The summed E-state index contributed by atoms with van der Waals surface area (Å²) in [6.45, 7) is 1.23. The second kappa shape index (κ2) is 5.34. The maximum Gasteiger partial charge on any atom is 0.296 e. The van der Waals surface area contributed by atoms with Crippen LogP contribution in [0.5, 0.6) is 0 Å². The van der Waals surface area contributed by atoms with E-state index in [4.69, 9.17) is 0 Å². The molecule has 3 rings (SSSR count). The lowest BCUT2D eigenvalue weighted by atomic mass is 9.96. The van der Waals surface area contributed by atoms with E-state index in [1.807, 2.05) is 0 Å². The van der Waals surface area contributed by atoms with Gasteiger partial charge in [-0.15, -0.1) is 11.3 Å². The van der Waals surface area contributed by atoms with Crippen molar-refractivity contribution in [2.75, 3.05) is 4.90 Å². The van der Waals surface area contributed by atoms with E-state index >= 15 is 0 Å². The second-order valence-corrected chi connectivity index (χ2v) is 5.61. The van der Waals surface area contributed by atoms with Crippen LogP contribution in [-0.2, 0) is 9.59 Å². The van der Waals surface area contributed by atoms with Crippen molar-refractivity contribution in [1.29, 1.82) is 0 Å². The van der Waals surface area contributed by atoms with Gasteiger partial charge in [0.1, 0.15) is 11.9 Å². The topological polar surface area (TPSA) is 70.5 Å². The van der Waals surface area contributed by atoms with E-state index < -0.39 is 29.3 Å². The van der Waals surface area contributed by atoms with Crippen LogP contribution in [-0.4, -0.2) is 21.8 Å². The van der Waals surface area contributed by atoms with Crippen LogP contribution in [0.3, 0.4) is 0 Å². The Balaban J connectivity index is 2.22. The van der Waals surface area contributed by atoms with E-state index in [1.54, 1.807) is 11.4 Å². The highest BCUT2D eigenvalue weighted by Gasteiger charge is 2.45. The molecule has 0 spiro atoms. The van der Waals surface area contributed by atoms with Gasteiger partial charge in [0.25, 0.3) is 5.91 Å². The van der Waals surface area contributed by atoms with E-state index in [1.165, 1.54) is 42.7 Å². The summed E-state index contributed by atoms with van der Waals surface area (Å²) in [7, 11) is 0. The van der Waals surface area contributed by atoms with Gasteiger partial charge in [-0.2, -0.15) is 0 Å². The van der Waals surface area contributed by atoms with Crippen LogP contribution in [0.4, 0.5) is 9.52 Å². The standard InChI is InChI=1S/C15H11FN2O3S/c1-8(19)11-12(9-4-2-3-5-10(9)16)18(14(21)13(11)20)15-17-6-7-22-15/h2-7,12,20H,1H3/t12-/m0/s1. The summed E-state index contributed by atoms with van der Waals surface area (Å²) in [4.78, 5) is 29.4. The van der Waals surface area contributed by atoms with E-state index in [0.717, 1.165) is 4.90 Å². The fourth-order valence-corrected chi connectivity index (χ4v) is 3.16. The fraction of sp³-hybridized carbons (Fsp3) is 0.133. The lowest BCUT2D eigenvalue weighted by Crippen LogP contribution is -2.31. The Hall–Kier alpha value is -2.54. The van der Waals surface area contributed by atoms with Crippen LogP contribution in [0, 0.1) is 5.82 Å². The summed E-state index contributed by atoms with van der Waals surface area (Å²) < 4.78 is 14.2. The number of aromatic nitrogens is 1. The van der Waals surface area contributed by atoms with Crippen LogP contribution in [0.1, 0.15) is 18.5 Å². The molecule has 1 aliphatic heterocycles. The molecule has 22 heavy (non-hydrogen) atoms. The lowest BCUT2D eigenvalue weighted by Gasteiger charge is -2.24. The van der Waals surface area contributed by atoms with Gasteiger partial charge in [-0.1, -0.05) is 18.2 Å². The van der Waals surface area contributed by atoms with Gasteiger partial charge in [0.05, 0.1) is 5.57 Å². The Morgan fingerprint density at radius 1 is 1.41 bits per heavy atom. The lowest BCUT2D eigenvalue weighted by molar-refractivity contribution is -0.117. The monoisotopic (exact) mass is 318 g/mol. The molecule has 112 valence electrons. The zero-order valence-electron chi connectivity index (χ0n) is 11.5. The van der Waals surface area contributed by atoms with E-state index in [2.05, 4.69) is 4.98 Å². The number of amides is 1. The van der Waals surface area contributed by atoms with Gasteiger partial charge in [0.2, 0.25) is 0 Å². The molecule has 0 saturated carbocycles. The van der Waals surface area contributed by atoms with Gasteiger partial charge in [-0.05, 0) is 13.0 Å². The van der Waals surface area contributed by atoms with Crippen LogP contribution >= 0.6 is 11.3 Å². The Morgan fingerprint density at radius 3 is 2.73 bits per heavy atom. The van der Waals surface area contributed by atoms with Crippen molar-refractivity contribution in [3.05, 3.63) is 58.6 Å². The number of nitrogens with zero attached hydrogens (tertiary/aromatic N) is 2. The third-order valence-electron chi connectivity index (χ3n) is 3.41. The Morgan fingerprint density at radius 2 is 2.14 bits per heavy atom. The first kappa shape index (κ1) is 14.4. The Bertz CT molecular complexity index is 786. The molecule has 5 nitrogen and oxygen atoms in total. The number of rotatable bonds is 3. The number of halogens is 1. The average molecular weight is 318 g/mol. The highest BCUT2D eigenvalue weighted by Crippen LogP contribution is 2.42. The number of benzene rings is 1. The van der Waals surface area contributed by atoms with E-state index in [0.29, 0.717) is 5.13 Å². The van der Waals surface area contributed by atoms with Crippen molar-refractivity contribution >= 4 is 28.2 Å². The van der Waals surface area contributed by atoms with Crippen LogP contribution in [0.25, 0.3) is 0 Å². The van der Waals surface area contributed by atoms with Crippen molar-refractivity contribution in [2.45, 2.75) is 13.0 Å². The summed E-state index contributed by atoms with van der Waals surface area (Å²) in [5, 5.41) is 12.0. The molecule has 0 fully saturated rings. The van der Waals surface area contributed by atoms with Crippen molar-refractivity contribution in [2.24, 2.45) is 0 Å². The first-order valence-electron chi connectivity index (χ1n) is 6.44. The molecular formula is C15H11FN2O3S. The summed E-state index contributed by atoms with van der Waals surface area (Å²) in [6, 6.07) is 4.83. The first-order valence-corrected chi connectivity index (χ1v) is 7.32. The molecule has 0 saturated heterocycles. The highest BCUT2D eigenvalue weighted by molar-refractivity contribution is 7.13. The summed E-state index contributed by atoms with van der Waals surface area (Å²) in [5.74, 6) is -2.46. The third kappa shape index (κ3) is 2.10. The molecule has 0 unspecified atom stereocenters. The molecule has 7 heteroatoms. The van der Waals surface area contributed by atoms with Gasteiger partial charge in [0.15, 0.2) is 16.7 Å². The summed E-state index contributed by atoms with van der Waals surface area (Å²) in [6.07, 6.45) is 1.49. The minimum absolute atomic E-state index is 0.120. The smallest absolute Gasteiger partial charge is 0.296 e. The molecule has 1 atom stereocenters. The summed E-state index contributed by atoms with van der Waals surface area (Å²) in [5.41, 5.74) is 0.0191. The number of Topliss-reactive ketones (excluding diaryl/α,β-unsaturated/α-hetero) is 1. The van der Waals surface area contributed by atoms with Crippen LogP contribution in [0.15, 0.2) is 47.2 Å². The number of aliphatic hydroxyl groups is 1. The second-order valence-electron chi connectivity index (χ2n) is 4.73. The molecule has 2 aromatic rings. The number of carbonyl (C=O) groups excluding carboxylic acids is 2. The largest absolute Gasteiger partial charge is 0.503 e. The number of ketones is 1. The Kier molecular flexibility index (Phi) is 3.50. The molecule has 1 aromatic heterocycles. The van der Waals surface area contributed by atoms with Crippen LogP contribution < -0.4 is 4.90 Å². The summed E-state index contributed by atoms with van der Waals surface area (Å²) >= 11 is 1.17. The molecule has 0 radical (unpaired) electrons. The van der Waals surface area contributed by atoms with Crippen molar-refractivity contribution in [1.82, 2.24) is 4.98 Å². The van der Waals surface area contributed by atoms with E-state index in [9.17, 15) is 19.1 Å². The zero-order valence-corrected chi connectivity index (χ0v) is 12.3. The maximum atomic E-state index is 14.2. The minimum atomic E-state index is -1.02. The maximum absolute atomic E-state index is 14.2. The van der Waals surface area contributed by atoms with E-state index in [-0.39, 0.29) is 11.1 Å². The number of anilines is 1. The number of hydrogen-bond donors (Lipinski definition) is 1. The Labute approximate surface area is 129 Å². The number of carbonyl (C=O) groups is 2. The quantitative estimate of drug-likeness (QED) is 0.944. The SMILES string of the molecule is CC(=O)C1=C(O)C(=O)N(c2nccs2)[C@H]1c1ccccc1F. The fourth-order valence-electron chi connectivity index (χ4n) is 2.49. The van der Waals surface area contributed by atoms with Crippen molar-refractivity contribution in [3.8, 4) is 0 Å². The number of hydrogen-bond acceptors (Lipinski definition) is 5. The zero-order chi connectivity index (χ0) is 15.9. The van der Waals surface area contributed by atoms with Gasteiger partial charge < -0.3 is 5.11 Å². The molecule has 1 aliphatic rings. The third-order valence-corrected chi connectivity index (χ3v) is 4.18. The average Bonchev–Trinajstić information content (AvgIpc) is 3.07. The van der Waals surface area contributed by atoms with Crippen LogP contribution in [0.2, 0.25) is 0 Å². The molecule has 1 aromatic carbocycles. The van der Waals surface area contributed by atoms with Gasteiger partial charge >= 0.3 is 0 Å². The molecule has 0 bridgehead atoms. The minimum Gasteiger partial charge on any atom is -0.503 e. The van der Waals surface area contributed by atoms with Gasteiger partial charge in [0, 0.05) is 17.1 Å². The molecule has 1 amide bonds. The first-order chi connectivity index (χ1) is 10.5. The molecular weight excluding hydrogens is 307 g/mol. The number of thiazole rings is 1. The predicted octanol–water partition coefficient (Wildman–Crippen LogP) is 2.77. The van der Waals surface area contributed by atoms with Gasteiger partial charge in [-0.25, -0.2) is 9.37 Å². The molecule has 0 aliphatic carbocycles. The molecule has 2 heterocycles. The molecule has 1 N–H and O–H groups in total. The van der Waals surface area contributed by atoms with Crippen molar-refractivity contribution in [3.63, 3.8) is 0 Å². The number of aliphatic hydroxyl groups excluding tert-OH is 1. The highest BCUT2D eigenvalue weighted by atomic mass is 32.1. The van der Waals surface area contributed by atoms with Gasteiger partial charge in [-0.3, -0.25) is 14.5 Å². The normalized spacial score (nSPS) is 18.2. The van der Waals surface area contributed by atoms with Crippen molar-refractivity contribution < 1.29 is 19.1 Å².